The van der Waals surface area contributed by atoms with Crippen LogP contribution >= 0.6 is 18.7 Å². The van der Waals surface area contributed by atoms with Crippen LogP contribution in [0.5, 0.6) is 0 Å². The summed E-state index contributed by atoms with van der Waals surface area (Å²) in [6.45, 7) is 4.30. The number of rotatable bonds is 7. The van der Waals surface area contributed by atoms with Gasteiger partial charge in [0.1, 0.15) is 0 Å². The van der Waals surface area contributed by atoms with Crippen LogP contribution in [0.3, 0.4) is 0 Å². The van der Waals surface area contributed by atoms with Crippen LogP contribution in [0.1, 0.15) is 11.1 Å². The van der Waals surface area contributed by atoms with Crippen LogP contribution in [0.4, 0.5) is 17.1 Å². The van der Waals surface area contributed by atoms with E-state index in [2.05, 4.69) is 48.3 Å². The van der Waals surface area contributed by atoms with E-state index in [4.69, 9.17) is 5.73 Å². The molecule has 1 atom stereocenters. The van der Waals surface area contributed by atoms with Gasteiger partial charge < -0.3 is 16.1 Å². The van der Waals surface area contributed by atoms with Crippen molar-refractivity contribution < 1.29 is 4.79 Å². The molecule has 3 aromatic rings. The number of nitrogens with one attached hydrogen (secondary N) is 2. The predicted octanol–water partition coefficient (Wildman–Crippen LogP) is 6.38. The number of aryl methyl sites for hydroxylation is 1. The van der Waals surface area contributed by atoms with Crippen LogP contribution in [-0.4, -0.2) is 12.6 Å². The molecule has 3 rings (SSSR count). The van der Waals surface area contributed by atoms with E-state index in [-0.39, 0.29) is 5.91 Å². The largest absolute Gasteiger partial charge is 0.397 e. The van der Waals surface area contributed by atoms with Crippen LogP contribution in [0.2, 0.25) is 0 Å². The van der Waals surface area contributed by atoms with E-state index in [9.17, 15) is 4.79 Å². The Morgan fingerprint density at radius 1 is 1.00 bits per heavy atom. The van der Waals surface area contributed by atoms with Crippen molar-refractivity contribution >= 4 is 47.7 Å². The first-order valence-corrected chi connectivity index (χ1v) is 12.4. The smallest absolute Gasteiger partial charge is 0.248 e. The molecular weight excluding hydrogens is 397 g/mol. The van der Waals surface area contributed by atoms with Gasteiger partial charge in [-0.05, 0) is 61.6 Å². The van der Waals surface area contributed by atoms with E-state index in [0.29, 0.717) is 11.4 Å². The number of nitrogens with two attached hydrogens (primary N) is 1. The van der Waals surface area contributed by atoms with Gasteiger partial charge in [0, 0.05) is 16.7 Å². The maximum atomic E-state index is 12.1. The lowest BCUT2D eigenvalue weighted by Gasteiger charge is -2.14. The van der Waals surface area contributed by atoms with Gasteiger partial charge in [-0.3, -0.25) is 4.79 Å². The Bertz CT molecular complexity index is 988. The van der Waals surface area contributed by atoms with Gasteiger partial charge in [-0.25, -0.2) is 0 Å². The van der Waals surface area contributed by atoms with Crippen molar-refractivity contribution in [1.82, 2.24) is 0 Å². The van der Waals surface area contributed by atoms with Crippen molar-refractivity contribution in [2.75, 3.05) is 22.8 Å². The van der Waals surface area contributed by atoms with Crippen LogP contribution in [0.15, 0.2) is 83.8 Å². The summed E-state index contributed by atoms with van der Waals surface area (Å²) in [7, 11) is -0.429. The monoisotopic (exact) mass is 421 g/mol. The highest BCUT2D eigenvalue weighted by Gasteiger charge is 2.05. The van der Waals surface area contributed by atoms with Crippen molar-refractivity contribution in [3.8, 4) is 0 Å². The van der Waals surface area contributed by atoms with Crippen molar-refractivity contribution in [3.63, 3.8) is 0 Å². The summed E-state index contributed by atoms with van der Waals surface area (Å²) in [6.07, 6.45) is 3.29. The molecule has 29 heavy (non-hydrogen) atoms. The van der Waals surface area contributed by atoms with E-state index in [1.54, 1.807) is 18.2 Å². The minimum absolute atomic E-state index is 0.211. The molecule has 0 spiro atoms. The highest BCUT2D eigenvalue weighted by atomic mass is 32.7. The maximum absolute atomic E-state index is 12.1. The van der Waals surface area contributed by atoms with Gasteiger partial charge in [0.2, 0.25) is 5.91 Å². The number of carbonyl (C=O) groups is 1. The number of amides is 1. The molecule has 6 heteroatoms. The molecule has 0 aromatic heterocycles. The number of hydrogen-bond acceptors (Lipinski definition) is 4. The van der Waals surface area contributed by atoms with Crippen molar-refractivity contribution in [2.24, 2.45) is 0 Å². The first kappa shape index (κ1) is 21.0. The Balaban J connectivity index is 1.52. The molecular formula is C23H24N3OPS. The van der Waals surface area contributed by atoms with Crippen molar-refractivity contribution in [2.45, 2.75) is 11.8 Å². The summed E-state index contributed by atoms with van der Waals surface area (Å²) in [5.74, 6) is -0.211. The maximum Gasteiger partial charge on any atom is 0.248 e. The van der Waals surface area contributed by atoms with E-state index in [0.717, 1.165) is 11.3 Å². The highest BCUT2D eigenvalue weighted by Crippen LogP contribution is 2.50. The Morgan fingerprint density at radius 2 is 1.69 bits per heavy atom. The molecule has 0 saturated carbocycles. The van der Waals surface area contributed by atoms with Gasteiger partial charge in [0.25, 0.3) is 0 Å². The third-order valence-corrected chi connectivity index (χ3v) is 7.16. The molecule has 0 aliphatic carbocycles. The van der Waals surface area contributed by atoms with Gasteiger partial charge in [-0.1, -0.05) is 53.3 Å². The minimum atomic E-state index is -0.429. The molecule has 4 N–H and O–H groups in total. The summed E-state index contributed by atoms with van der Waals surface area (Å²) < 4.78 is 0. The third-order valence-electron chi connectivity index (χ3n) is 4.11. The quantitative estimate of drug-likeness (QED) is 0.235. The Kier molecular flexibility index (Phi) is 7.34. The van der Waals surface area contributed by atoms with Crippen LogP contribution in [-0.2, 0) is 4.79 Å². The summed E-state index contributed by atoms with van der Waals surface area (Å²) in [5.41, 5.74) is 10.3. The lowest BCUT2D eigenvalue weighted by atomic mass is 10.2. The highest BCUT2D eigenvalue weighted by molar-refractivity contribution is 8.56. The zero-order valence-corrected chi connectivity index (χ0v) is 18.1. The van der Waals surface area contributed by atoms with E-state index in [1.807, 2.05) is 47.8 Å². The molecule has 0 fully saturated rings. The number of hydrogen-bond donors (Lipinski definition) is 3. The van der Waals surface area contributed by atoms with E-state index < -0.39 is 7.27 Å². The molecule has 1 unspecified atom stereocenters. The number of anilines is 3. The van der Waals surface area contributed by atoms with Gasteiger partial charge in [0.15, 0.2) is 0 Å². The molecule has 0 saturated heterocycles. The number of nitrogen functional groups attached to an aromatic ring is 1. The molecule has 0 bridgehead atoms. The lowest BCUT2D eigenvalue weighted by molar-refractivity contribution is -0.111. The fraction of sp³-hybridized carbons (Fsp3) is 0.0870. The molecule has 0 radical (unpaired) electrons. The number of carbonyl (C=O) groups excluding carboxylic acids is 1. The van der Waals surface area contributed by atoms with Crippen molar-refractivity contribution in [1.29, 1.82) is 0 Å². The molecule has 4 nitrogen and oxygen atoms in total. The van der Waals surface area contributed by atoms with Gasteiger partial charge in [-0.2, -0.15) is 0 Å². The molecule has 148 valence electrons. The minimum Gasteiger partial charge on any atom is -0.397 e. The Morgan fingerprint density at radius 3 is 2.38 bits per heavy atom. The number of benzene rings is 3. The second-order valence-electron chi connectivity index (χ2n) is 6.55. The zero-order valence-electron chi connectivity index (χ0n) is 16.4. The van der Waals surface area contributed by atoms with E-state index >= 15 is 0 Å². The predicted molar refractivity (Wildman–Crippen MR) is 128 cm³/mol. The van der Waals surface area contributed by atoms with Gasteiger partial charge >= 0.3 is 0 Å². The standard InChI is InChI=1S/C23H24N3OPS/c1-17-7-14-20(15-8-17)29-28(2)26-19-12-9-18(10-13-19)11-16-23(27)25-22-6-4-3-5-21(22)24/h3-16,26H,24H2,1-2H3,(H,25,27)/b16-11+. The number of para-hydroxylation sites is 2. The Hall–Kier alpha value is -2.75. The molecule has 0 heterocycles. The normalized spacial score (nSPS) is 11.9. The molecule has 0 aliphatic rings. The van der Waals surface area contributed by atoms with Crippen LogP contribution in [0, 0.1) is 6.92 Å². The SMILES string of the molecule is Cc1ccc(SP(C)Nc2ccc(/C=C/C(=O)Nc3ccccc3N)cc2)cc1. The second kappa shape index (κ2) is 10.1. The van der Waals surface area contributed by atoms with Gasteiger partial charge in [-0.15, -0.1) is 0 Å². The lowest BCUT2D eigenvalue weighted by Crippen LogP contribution is -2.09. The second-order valence-corrected chi connectivity index (χ2v) is 10.6. The average molecular weight is 422 g/mol. The van der Waals surface area contributed by atoms with Crippen LogP contribution in [0.25, 0.3) is 6.08 Å². The van der Waals surface area contributed by atoms with Gasteiger partial charge in [0.05, 0.1) is 18.6 Å². The van der Waals surface area contributed by atoms with Crippen molar-refractivity contribution in [3.05, 3.63) is 90.0 Å². The molecule has 1 amide bonds. The topological polar surface area (TPSA) is 67.2 Å². The first-order valence-electron chi connectivity index (χ1n) is 9.18. The zero-order chi connectivity index (χ0) is 20.6. The Labute approximate surface area is 177 Å². The third kappa shape index (κ3) is 6.67. The van der Waals surface area contributed by atoms with Crippen LogP contribution < -0.4 is 16.1 Å². The fourth-order valence-corrected chi connectivity index (χ4v) is 5.49. The summed E-state index contributed by atoms with van der Waals surface area (Å²) in [6, 6.07) is 23.8. The van der Waals surface area contributed by atoms with E-state index in [1.165, 1.54) is 16.5 Å². The summed E-state index contributed by atoms with van der Waals surface area (Å²) in [4.78, 5) is 13.3. The molecule has 0 aliphatic heterocycles. The summed E-state index contributed by atoms with van der Waals surface area (Å²) >= 11 is 1.84. The fourth-order valence-electron chi connectivity index (χ4n) is 2.59. The summed E-state index contributed by atoms with van der Waals surface area (Å²) in [5, 5.41) is 6.33. The first-order chi connectivity index (χ1) is 14.0. The molecule has 3 aromatic carbocycles. The average Bonchev–Trinajstić information content (AvgIpc) is 2.71.